The summed E-state index contributed by atoms with van der Waals surface area (Å²) in [5, 5.41) is 0.152. The van der Waals surface area contributed by atoms with Crippen LogP contribution in [0.25, 0.3) is 11.0 Å². The molecule has 0 spiro atoms. The molecule has 1 atom stereocenters. The summed E-state index contributed by atoms with van der Waals surface area (Å²) in [7, 11) is -3.24. The minimum absolute atomic E-state index is 0.141. The molecule has 18 heavy (non-hydrogen) atoms. The van der Waals surface area contributed by atoms with Crippen LogP contribution in [0, 0.1) is 5.82 Å². The molecular weight excluding hydrogens is 286 g/mol. The lowest BCUT2D eigenvalue weighted by Crippen LogP contribution is -2.09. The van der Waals surface area contributed by atoms with Crippen molar-refractivity contribution in [2.45, 2.75) is 0 Å². The highest BCUT2D eigenvalue weighted by Gasteiger charge is 2.19. The summed E-state index contributed by atoms with van der Waals surface area (Å²) < 4.78 is 33.3. The van der Waals surface area contributed by atoms with E-state index < -0.39 is 26.5 Å². The van der Waals surface area contributed by atoms with Gasteiger partial charge >= 0.3 is 8.25 Å². The summed E-state index contributed by atoms with van der Waals surface area (Å²) in [6.45, 7) is -0.690. The summed E-state index contributed by atoms with van der Waals surface area (Å²) in [5.74, 6) is -1.71. The Morgan fingerprint density at radius 3 is 3.00 bits per heavy atom. The number of hydrogen-bond donors (Lipinski definition) is 1. The standard InChI is InChI=1S/C10H7ClFO5P/c11-8-9(12)6(7(13)4-17-18(14)15)3-5-1-2-16-10(5)8/h1-3,18H,4H2,(H,14,15). The van der Waals surface area contributed by atoms with Crippen molar-refractivity contribution in [2.75, 3.05) is 6.61 Å². The van der Waals surface area contributed by atoms with Crippen LogP contribution >= 0.6 is 19.9 Å². The second kappa shape index (κ2) is 5.20. The van der Waals surface area contributed by atoms with Gasteiger partial charge < -0.3 is 13.8 Å². The first-order chi connectivity index (χ1) is 8.50. The molecule has 96 valence electrons. The predicted octanol–water partition coefficient (Wildman–Crippen LogP) is 2.81. The van der Waals surface area contributed by atoms with Gasteiger partial charge in [-0.1, -0.05) is 11.6 Å². The molecule has 0 aliphatic heterocycles. The van der Waals surface area contributed by atoms with Crippen molar-refractivity contribution >= 4 is 36.6 Å². The average Bonchev–Trinajstić information content (AvgIpc) is 2.79. The zero-order valence-corrected chi connectivity index (χ0v) is 10.5. The number of benzene rings is 1. The maximum atomic E-state index is 13.8. The molecule has 0 aliphatic carbocycles. The number of carbonyl (C=O) groups is 1. The van der Waals surface area contributed by atoms with E-state index in [4.69, 9.17) is 20.9 Å². The maximum Gasteiger partial charge on any atom is 0.317 e. The molecule has 0 bridgehead atoms. The van der Waals surface area contributed by atoms with Gasteiger partial charge in [0, 0.05) is 5.39 Å². The first-order valence-corrected chi connectivity index (χ1v) is 6.39. The van der Waals surface area contributed by atoms with Crippen LogP contribution in [0.4, 0.5) is 4.39 Å². The molecule has 0 saturated heterocycles. The van der Waals surface area contributed by atoms with Crippen molar-refractivity contribution in [3.05, 3.63) is 34.8 Å². The fraction of sp³-hybridized carbons (Fsp3) is 0.100. The summed E-state index contributed by atoms with van der Waals surface area (Å²) in [4.78, 5) is 20.0. The molecule has 1 aromatic carbocycles. The van der Waals surface area contributed by atoms with E-state index in [9.17, 15) is 13.8 Å². The van der Waals surface area contributed by atoms with Gasteiger partial charge in [0.25, 0.3) is 0 Å². The van der Waals surface area contributed by atoms with Gasteiger partial charge in [0.05, 0.1) is 11.8 Å². The van der Waals surface area contributed by atoms with Crippen molar-refractivity contribution in [3.8, 4) is 0 Å². The number of halogens is 2. The lowest BCUT2D eigenvalue weighted by Gasteiger charge is -2.04. The molecule has 0 fully saturated rings. The molecule has 0 radical (unpaired) electrons. The smallest absolute Gasteiger partial charge is 0.317 e. The van der Waals surface area contributed by atoms with Crippen LogP contribution in [0.2, 0.25) is 5.02 Å². The molecule has 1 aromatic heterocycles. The highest BCUT2D eigenvalue weighted by Crippen LogP contribution is 2.30. The van der Waals surface area contributed by atoms with Gasteiger partial charge in [-0.3, -0.25) is 9.36 Å². The molecule has 1 N–H and O–H groups in total. The molecule has 5 nitrogen and oxygen atoms in total. The Hall–Kier alpha value is -1.20. The fourth-order valence-corrected chi connectivity index (χ4v) is 1.97. The van der Waals surface area contributed by atoms with E-state index in [2.05, 4.69) is 4.52 Å². The third kappa shape index (κ3) is 2.47. The van der Waals surface area contributed by atoms with Gasteiger partial charge in [0.2, 0.25) is 0 Å². The second-order valence-electron chi connectivity index (χ2n) is 3.37. The summed E-state index contributed by atoms with van der Waals surface area (Å²) in [6, 6.07) is 2.77. The Labute approximate surface area is 106 Å². The normalized spacial score (nSPS) is 12.8. The largest absolute Gasteiger partial charge is 0.463 e. The lowest BCUT2D eigenvalue weighted by atomic mass is 10.1. The number of Topliss-reactive ketones (excluding diaryl/α,β-unsaturated/α-hetero) is 1. The molecule has 0 aliphatic rings. The Morgan fingerprint density at radius 2 is 2.33 bits per heavy atom. The van der Waals surface area contributed by atoms with Crippen LogP contribution in [0.5, 0.6) is 0 Å². The van der Waals surface area contributed by atoms with Crippen LogP contribution in [0.1, 0.15) is 10.4 Å². The molecular formula is C10H7ClFO5P. The Kier molecular flexibility index (Phi) is 3.82. The number of rotatable bonds is 4. The third-order valence-corrected chi connectivity index (χ3v) is 2.98. The number of fused-ring (bicyclic) bond motifs is 1. The number of carbonyl (C=O) groups excluding carboxylic acids is 1. The topological polar surface area (TPSA) is 76.7 Å². The summed E-state index contributed by atoms with van der Waals surface area (Å²) >= 11 is 5.71. The number of ketones is 1. The maximum absolute atomic E-state index is 13.8. The van der Waals surface area contributed by atoms with E-state index >= 15 is 0 Å². The third-order valence-electron chi connectivity index (χ3n) is 2.25. The van der Waals surface area contributed by atoms with E-state index in [0.29, 0.717) is 5.39 Å². The van der Waals surface area contributed by atoms with Crippen LogP contribution in [0.3, 0.4) is 0 Å². The van der Waals surface area contributed by atoms with Crippen LogP contribution in [-0.2, 0) is 9.09 Å². The van der Waals surface area contributed by atoms with E-state index in [1.807, 2.05) is 0 Å². The SMILES string of the molecule is O=C(CO[PH](=O)O)c1cc2ccoc2c(Cl)c1F. The summed E-state index contributed by atoms with van der Waals surface area (Å²) in [5.41, 5.74) is -0.167. The van der Waals surface area contributed by atoms with E-state index in [1.54, 1.807) is 0 Å². The van der Waals surface area contributed by atoms with Gasteiger partial charge in [-0.2, -0.15) is 0 Å². The fourth-order valence-electron chi connectivity index (χ4n) is 1.46. The van der Waals surface area contributed by atoms with Crippen LogP contribution in [-0.4, -0.2) is 17.3 Å². The summed E-state index contributed by atoms with van der Waals surface area (Å²) in [6.07, 6.45) is 1.31. The first kappa shape index (κ1) is 13.2. The monoisotopic (exact) mass is 292 g/mol. The Bertz CT molecular complexity index is 638. The zero-order valence-electron chi connectivity index (χ0n) is 8.78. The first-order valence-electron chi connectivity index (χ1n) is 4.75. The van der Waals surface area contributed by atoms with Crippen molar-refractivity contribution in [2.24, 2.45) is 0 Å². The van der Waals surface area contributed by atoms with Gasteiger partial charge in [-0.15, -0.1) is 0 Å². The number of furan rings is 1. The Morgan fingerprint density at radius 1 is 1.61 bits per heavy atom. The molecule has 0 saturated carbocycles. The van der Waals surface area contributed by atoms with E-state index in [1.165, 1.54) is 18.4 Å². The lowest BCUT2D eigenvalue weighted by molar-refractivity contribution is 0.0913. The second-order valence-corrected chi connectivity index (χ2v) is 4.57. The molecule has 8 heteroatoms. The zero-order chi connectivity index (χ0) is 13.3. The highest BCUT2D eigenvalue weighted by molar-refractivity contribution is 7.32. The van der Waals surface area contributed by atoms with Crippen molar-refractivity contribution in [1.82, 2.24) is 0 Å². The average molecular weight is 293 g/mol. The quantitative estimate of drug-likeness (QED) is 0.692. The molecule has 2 aromatic rings. The number of hydrogen-bond acceptors (Lipinski definition) is 4. The van der Waals surface area contributed by atoms with Crippen molar-refractivity contribution in [3.63, 3.8) is 0 Å². The van der Waals surface area contributed by atoms with Gasteiger partial charge in [0.1, 0.15) is 11.6 Å². The minimum atomic E-state index is -3.24. The Balaban J connectivity index is 2.41. The van der Waals surface area contributed by atoms with Crippen LogP contribution < -0.4 is 0 Å². The highest BCUT2D eigenvalue weighted by atomic mass is 35.5. The van der Waals surface area contributed by atoms with Crippen LogP contribution in [0.15, 0.2) is 22.8 Å². The van der Waals surface area contributed by atoms with E-state index in [-0.39, 0.29) is 16.2 Å². The van der Waals surface area contributed by atoms with Gasteiger partial charge in [-0.25, -0.2) is 4.39 Å². The molecule has 0 amide bonds. The molecule has 1 unspecified atom stereocenters. The van der Waals surface area contributed by atoms with Gasteiger partial charge in [-0.05, 0) is 12.1 Å². The van der Waals surface area contributed by atoms with Gasteiger partial charge in [0.15, 0.2) is 17.2 Å². The van der Waals surface area contributed by atoms with Crippen molar-refractivity contribution < 1.29 is 27.6 Å². The predicted molar refractivity (Wildman–Crippen MR) is 62.7 cm³/mol. The minimum Gasteiger partial charge on any atom is -0.463 e. The van der Waals surface area contributed by atoms with E-state index in [0.717, 1.165) is 0 Å². The van der Waals surface area contributed by atoms with Crippen molar-refractivity contribution in [1.29, 1.82) is 0 Å². The molecule has 1 heterocycles. The molecule has 2 rings (SSSR count).